The standard InChI is InChI=1S/C22H25NO6/c1-28-22(27)14-9-7-13(8-10-14)18-17-19(25)15-5-2-3-6-16(15)29-20(17)21(26)23(18)11-4-12-24/h7-10,15-16,18,24H,2-6,11-12H2,1H3. The van der Waals surface area contributed by atoms with E-state index in [1.807, 2.05) is 0 Å². The second-order valence-electron chi connectivity index (χ2n) is 7.75. The predicted molar refractivity (Wildman–Crippen MR) is 103 cm³/mol. The van der Waals surface area contributed by atoms with Crippen molar-refractivity contribution in [2.24, 2.45) is 5.92 Å². The molecule has 1 aromatic rings. The van der Waals surface area contributed by atoms with Crippen molar-refractivity contribution in [3.8, 4) is 0 Å². The Kier molecular flexibility index (Phi) is 5.41. The number of hydrogen-bond donors (Lipinski definition) is 1. The number of aliphatic hydroxyl groups excluding tert-OH is 1. The summed E-state index contributed by atoms with van der Waals surface area (Å²) in [4.78, 5) is 39.8. The number of Topliss-reactive ketones (excluding diaryl/α,β-unsaturated/α-hetero) is 1. The summed E-state index contributed by atoms with van der Waals surface area (Å²) in [5.41, 5.74) is 1.55. The van der Waals surface area contributed by atoms with Crippen LogP contribution in [0.25, 0.3) is 0 Å². The van der Waals surface area contributed by atoms with Gasteiger partial charge in [-0.1, -0.05) is 18.6 Å². The van der Waals surface area contributed by atoms with Crippen molar-refractivity contribution in [2.75, 3.05) is 20.3 Å². The lowest BCUT2D eigenvalue weighted by molar-refractivity contribution is -0.135. The Morgan fingerprint density at radius 1 is 1.21 bits per heavy atom. The number of ketones is 1. The highest BCUT2D eigenvalue weighted by molar-refractivity contribution is 6.11. The fourth-order valence-corrected chi connectivity index (χ4v) is 4.63. The van der Waals surface area contributed by atoms with Crippen LogP contribution in [0.4, 0.5) is 0 Å². The van der Waals surface area contributed by atoms with Gasteiger partial charge in [0.1, 0.15) is 6.10 Å². The minimum atomic E-state index is -0.564. The maximum Gasteiger partial charge on any atom is 0.337 e. The molecular weight excluding hydrogens is 374 g/mol. The van der Waals surface area contributed by atoms with E-state index < -0.39 is 12.0 Å². The molecule has 3 aliphatic rings. The molecule has 0 bridgehead atoms. The van der Waals surface area contributed by atoms with Crippen LogP contribution < -0.4 is 0 Å². The third kappa shape index (κ3) is 3.33. The van der Waals surface area contributed by atoms with Gasteiger partial charge in [0.05, 0.1) is 30.2 Å². The number of carbonyl (C=O) groups excluding carboxylic acids is 3. The average molecular weight is 399 g/mol. The summed E-state index contributed by atoms with van der Waals surface area (Å²) in [6, 6.07) is 6.18. The van der Waals surface area contributed by atoms with Crippen LogP contribution in [0.2, 0.25) is 0 Å². The van der Waals surface area contributed by atoms with Crippen LogP contribution in [-0.4, -0.2) is 54.0 Å². The van der Waals surface area contributed by atoms with Gasteiger partial charge in [0.15, 0.2) is 11.5 Å². The maximum atomic E-state index is 13.4. The summed E-state index contributed by atoms with van der Waals surface area (Å²) >= 11 is 0. The molecule has 1 fully saturated rings. The fourth-order valence-electron chi connectivity index (χ4n) is 4.63. The van der Waals surface area contributed by atoms with E-state index in [2.05, 4.69) is 0 Å². The Morgan fingerprint density at radius 3 is 2.62 bits per heavy atom. The van der Waals surface area contributed by atoms with Crippen molar-refractivity contribution in [2.45, 2.75) is 44.2 Å². The van der Waals surface area contributed by atoms with Gasteiger partial charge in [0, 0.05) is 13.2 Å². The topological polar surface area (TPSA) is 93.1 Å². The zero-order valence-corrected chi connectivity index (χ0v) is 16.4. The molecule has 29 heavy (non-hydrogen) atoms. The summed E-state index contributed by atoms with van der Waals surface area (Å²) in [6.45, 7) is 0.264. The molecule has 0 spiro atoms. The number of esters is 1. The number of carbonyl (C=O) groups is 3. The minimum Gasteiger partial charge on any atom is -0.483 e. The van der Waals surface area contributed by atoms with Crippen molar-refractivity contribution in [3.63, 3.8) is 0 Å². The van der Waals surface area contributed by atoms with E-state index in [-0.39, 0.29) is 36.1 Å². The maximum absolute atomic E-state index is 13.4. The monoisotopic (exact) mass is 399 g/mol. The number of nitrogens with zero attached hydrogens (tertiary/aromatic N) is 1. The normalized spacial score (nSPS) is 26.1. The summed E-state index contributed by atoms with van der Waals surface area (Å²) in [5, 5.41) is 9.27. The van der Waals surface area contributed by atoms with Crippen LogP contribution in [0, 0.1) is 5.92 Å². The average Bonchev–Trinajstić information content (AvgIpc) is 3.04. The van der Waals surface area contributed by atoms with E-state index in [0.717, 1.165) is 31.2 Å². The number of amides is 1. The van der Waals surface area contributed by atoms with E-state index in [1.54, 1.807) is 29.2 Å². The van der Waals surface area contributed by atoms with E-state index in [9.17, 15) is 19.5 Å². The first-order chi connectivity index (χ1) is 14.1. The van der Waals surface area contributed by atoms with Gasteiger partial charge in [-0.2, -0.15) is 0 Å². The van der Waals surface area contributed by atoms with E-state index in [4.69, 9.17) is 9.47 Å². The highest BCUT2D eigenvalue weighted by Crippen LogP contribution is 2.46. The van der Waals surface area contributed by atoms with E-state index in [1.165, 1.54) is 7.11 Å². The summed E-state index contributed by atoms with van der Waals surface area (Å²) in [7, 11) is 1.32. The van der Waals surface area contributed by atoms with Crippen LogP contribution in [0.5, 0.6) is 0 Å². The highest BCUT2D eigenvalue weighted by Gasteiger charge is 2.51. The second-order valence-corrected chi connectivity index (χ2v) is 7.75. The third-order valence-corrected chi connectivity index (χ3v) is 6.06. The van der Waals surface area contributed by atoms with Crippen molar-refractivity contribution in [1.82, 2.24) is 4.90 Å². The summed E-state index contributed by atoms with van der Waals surface area (Å²) < 4.78 is 10.8. The van der Waals surface area contributed by atoms with Crippen molar-refractivity contribution in [1.29, 1.82) is 0 Å². The second kappa shape index (κ2) is 7.99. The Labute approximate surface area is 169 Å². The van der Waals surface area contributed by atoms with Crippen LogP contribution >= 0.6 is 0 Å². The molecule has 4 rings (SSSR count). The smallest absolute Gasteiger partial charge is 0.337 e. The van der Waals surface area contributed by atoms with Gasteiger partial charge in [0.2, 0.25) is 0 Å². The quantitative estimate of drug-likeness (QED) is 0.763. The lowest BCUT2D eigenvalue weighted by Crippen LogP contribution is -2.39. The molecule has 7 heteroatoms. The molecule has 0 aromatic heterocycles. The zero-order chi connectivity index (χ0) is 20.5. The first kappa shape index (κ1) is 19.6. The van der Waals surface area contributed by atoms with Crippen LogP contribution in [0.1, 0.15) is 54.1 Å². The van der Waals surface area contributed by atoms with Gasteiger partial charge in [-0.3, -0.25) is 9.59 Å². The third-order valence-electron chi connectivity index (χ3n) is 6.06. The van der Waals surface area contributed by atoms with Gasteiger partial charge in [-0.15, -0.1) is 0 Å². The van der Waals surface area contributed by atoms with Gasteiger partial charge >= 0.3 is 5.97 Å². The van der Waals surface area contributed by atoms with Crippen LogP contribution in [0.3, 0.4) is 0 Å². The molecule has 0 saturated heterocycles. The van der Waals surface area contributed by atoms with Crippen LogP contribution in [-0.2, 0) is 19.1 Å². The number of methoxy groups -OCH3 is 1. The van der Waals surface area contributed by atoms with Gasteiger partial charge < -0.3 is 19.5 Å². The fraction of sp³-hybridized carbons (Fsp3) is 0.500. The first-order valence-electron chi connectivity index (χ1n) is 10.1. The molecule has 2 heterocycles. The molecule has 0 radical (unpaired) electrons. The van der Waals surface area contributed by atoms with Crippen LogP contribution in [0.15, 0.2) is 35.6 Å². The number of hydrogen-bond acceptors (Lipinski definition) is 6. The van der Waals surface area contributed by atoms with E-state index >= 15 is 0 Å². The highest BCUT2D eigenvalue weighted by atomic mass is 16.5. The molecule has 2 aliphatic heterocycles. The molecule has 1 N–H and O–H groups in total. The molecule has 1 amide bonds. The number of fused-ring (bicyclic) bond motifs is 1. The molecule has 154 valence electrons. The van der Waals surface area contributed by atoms with Crippen molar-refractivity contribution >= 4 is 17.7 Å². The minimum absolute atomic E-state index is 0.00200. The van der Waals surface area contributed by atoms with E-state index in [0.29, 0.717) is 24.1 Å². The lowest BCUT2D eigenvalue weighted by atomic mass is 9.77. The number of rotatable bonds is 5. The number of aliphatic hydroxyl groups is 1. The molecule has 1 saturated carbocycles. The first-order valence-corrected chi connectivity index (χ1v) is 10.1. The van der Waals surface area contributed by atoms with Gasteiger partial charge in [-0.05, 0) is 43.4 Å². The number of ether oxygens (including phenoxy) is 2. The Hall–Kier alpha value is -2.67. The number of benzene rings is 1. The Morgan fingerprint density at radius 2 is 1.93 bits per heavy atom. The summed E-state index contributed by atoms with van der Waals surface area (Å²) in [5.74, 6) is -0.785. The molecule has 1 aromatic carbocycles. The Balaban J connectivity index is 1.73. The Bertz CT molecular complexity index is 859. The SMILES string of the molecule is COC(=O)c1ccc(C2C3=C(OC4CCCCC4C3=O)C(=O)N2CCCO)cc1. The molecule has 3 unspecified atom stereocenters. The zero-order valence-electron chi connectivity index (χ0n) is 16.4. The van der Waals surface area contributed by atoms with Gasteiger partial charge in [0.25, 0.3) is 5.91 Å². The van der Waals surface area contributed by atoms with Crippen molar-refractivity contribution < 1.29 is 29.0 Å². The largest absolute Gasteiger partial charge is 0.483 e. The van der Waals surface area contributed by atoms with Gasteiger partial charge in [-0.25, -0.2) is 4.79 Å². The summed E-state index contributed by atoms with van der Waals surface area (Å²) in [6.07, 6.45) is 3.73. The predicted octanol–water partition coefficient (Wildman–Crippen LogP) is 2.15. The molecule has 7 nitrogen and oxygen atoms in total. The molecule has 3 atom stereocenters. The van der Waals surface area contributed by atoms with Crippen molar-refractivity contribution in [3.05, 3.63) is 46.7 Å². The lowest BCUT2D eigenvalue weighted by Gasteiger charge is -2.35. The molecule has 1 aliphatic carbocycles. The molecular formula is C22H25NO6.